The van der Waals surface area contributed by atoms with Crippen molar-refractivity contribution in [3.05, 3.63) is 23.9 Å². The average Bonchev–Trinajstić information content (AvgIpc) is 3.00. The number of aromatic nitrogens is 1. The summed E-state index contributed by atoms with van der Waals surface area (Å²) in [4.78, 5) is 14.9. The maximum Gasteiger partial charge on any atom is 0.329 e. The van der Waals surface area contributed by atoms with Crippen LogP contribution in [0.2, 0.25) is 0 Å². The van der Waals surface area contributed by atoms with Crippen LogP contribution in [0.3, 0.4) is 0 Å². The number of pyridine rings is 1. The third kappa shape index (κ3) is 1.62. The van der Waals surface area contributed by atoms with E-state index in [0.717, 1.165) is 0 Å². The molecular weight excluding hydrogens is 194 g/mol. The Morgan fingerprint density at radius 1 is 1.67 bits per heavy atom. The van der Waals surface area contributed by atoms with Gasteiger partial charge in [-0.2, -0.15) is 5.26 Å². The molecule has 0 unspecified atom stereocenters. The standard InChI is InChI=1S/C10H9N3O2/c11-6-7-2-1-5-12-8(7)13-10(3-4-10)9(14)15/h1-2,5H,3-4H2,(H,12,13)(H,14,15). The zero-order valence-corrected chi connectivity index (χ0v) is 7.90. The summed E-state index contributed by atoms with van der Waals surface area (Å²) in [6.07, 6.45) is 2.68. The van der Waals surface area contributed by atoms with E-state index in [1.165, 1.54) is 6.20 Å². The first-order valence-corrected chi connectivity index (χ1v) is 4.55. The molecule has 0 spiro atoms. The molecular formula is C10H9N3O2. The summed E-state index contributed by atoms with van der Waals surface area (Å²) in [6, 6.07) is 5.21. The second-order valence-electron chi connectivity index (χ2n) is 3.52. The molecule has 15 heavy (non-hydrogen) atoms. The highest BCUT2D eigenvalue weighted by Gasteiger charge is 2.51. The van der Waals surface area contributed by atoms with E-state index in [4.69, 9.17) is 10.4 Å². The van der Waals surface area contributed by atoms with Gasteiger partial charge < -0.3 is 10.4 Å². The maximum absolute atomic E-state index is 10.9. The van der Waals surface area contributed by atoms with Crippen molar-refractivity contribution in [2.45, 2.75) is 18.4 Å². The SMILES string of the molecule is N#Cc1cccnc1NC1(C(=O)O)CC1. The fourth-order valence-electron chi connectivity index (χ4n) is 1.34. The summed E-state index contributed by atoms with van der Waals surface area (Å²) in [5, 5.41) is 20.6. The smallest absolute Gasteiger partial charge is 0.329 e. The van der Waals surface area contributed by atoms with Gasteiger partial charge in [-0.25, -0.2) is 9.78 Å². The van der Waals surface area contributed by atoms with E-state index in [2.05, 4.69) is 10.3 Å². The zero-order valence-electron chi connectivity index (χ0n) is 7.90. The van der Waals surface area contributed by atoms with Gasteiger partial charge >= 0.3 is 5.97 Å². The molecule has 0 bridgehead atoms. The fourth-order valence-corrected chi connectivity index (χ4v) is 1.34. The van der Waals surface area contributed by atoms with E-state index in [0.29, 0.717) is 24.2 Å². The lowest BCUT2D eigenvalue weighted by Gasteiger charge is -2.13. The van der Waals surface area contributed by atoms with Crippen molar-refractivity contribution in [2.24, 2.45) is 0 Å². The number of carboxylic acids is 1. The summed E-state index contributed by atoms with van der Waals surface area (Å²) < 4.78 is 0. The van der Waals surface area contributed by atoms with Crippen molar-refractivity contribution in [1.82, 2.24) is 4.98 Å². The van der Waals surface area contributed by atoms with Crippen LogP contribution in [-0.4, -0.2) is 21.6 Å². The van der Waals surface area contributed by atoms with E-state index in [9.17, 15) is 4.79 Å². The molecule has 1 saturated carbocycles. The van der Waals surface area contributed by atoms with Gasteiger partial charge in [-0.05, 0) is 25.0 Å². The molecule has 0 amide bonds. The Kier molecular flexibility index (Phi) is 2.05. The highest BCUT2D eigenvalue weighted by molar-refractivity contribution is 5.86. The number of hydrogen-bond acceptors (Lipinski definition) is 4. The molecule has 1 aliphatic rings. The Labute approximate surface area is 86.4 Å². The summed E-state index contributed by atoms with van der Waals surface area (Å²) in [5.74, 6) is -0.544. The number of carboxylic acid groups (broad SMARTS) is 1. The maximum atomic E-state index is 10.9. The number of nitriles is 1. The first kappa shape index (κ1) is 9.46. The summed E-state index contributed by atoms with van der Waals surface area (Å²) in [6.45, 7) is 0. The lowest BCUT2D eigenvalue weighted by atomic mass is 10.2. The van der Waals surface area contributed by atoms with Crippen molar-refractivity contribution in [2.75, 3.05) is 5.32 Å². The zero-order chi connectivity index (χ0) is 10.9. The topological polar surface area (TPSA) is 86.0 Å². The Hall–Kier alpha value is -2.09. The predicted molar refractivity (Wildman–Crippen MR) is 52.2 cm³/mol. The first-order chi connectivity index (χ1) is 7.18. The van der Waals surface area contributed by atoms with Crippen LogP contribution in [0, 0.1) is 11.3 Å². The second-order valence-corrected chi connectivity index (χ2v) is 3.52. The highest BCUT2D eigenvalue weighted by Crippen LogP contribution is 2.39. The Morgan fingerprint density at radius 3 is 2.93 bits per heavy atom. The molecule has 5 nitrogen and oxygen atoms in total. The van der Waals surface area contributed by atoms with Gasteiger partial charge in [-0.15, -0.1) is 0 Å². The van der Waals surface area contributed by atoms with E-state index in [-0.39, 0.29) is 0 Å². The van der Waals surface area contributed by atoms with Crippen LogP contribution in [0.5, 0.6) is 0 Å². The second kappa shape index (κ2) is 3.24. The molecule has 76 valence electrons. The number of nitrogens with zero attached hydrogens (tertiary/aromatic N) is 2. The minimum Gasteiger partial charge on any atom is -0.480 e. The molecule has 2 rings (SSSR count). The van der Waals surface area contributed by atoms with Crippen LogP contribution in [0.4, 0.5) is 5.82 Å². The minimum absolute atomic E-state index is 0.347. The molecule has 0 atom stereocenters. The molecule has 2 N–H and O–H groups in total. The fraction of sp³-hybridized carbons (Fsp3) is 0.300. The molecule has 1 aromatic rings. The minimum atomic E-state index is -0.903. The quantitative estimate of drug-likeness (QED) is 0.764. The van der Waals surface area contributed by atoms with Crippen LogP contribution in [0.15, 0.2) is 18.3 Å². The van der Waals surface area contributed by atoms with Gasteiger partial charge in [0.05, 0.1) is 5.56 Å². The number of rotatable bonds is 3. The van der Waals surface area contributed by atoms with Gasteiger partial charge in [0.1, 0.15) is 17.4 Å². The molecule has 0 aromatic carbocycles. The molecule has 0 aliphatic heterocycles. The van der Waals surface area contributed by atoms with Crippen molar-refractivity contribution in [3.63, 3.8) is 0 Å². The van der Waals surface area contributed by atoms with Crippen LogP contribution in [0.25, 0.3) is 0 Å². The van der Waals surface area contributed by atoms with Gasteiger partial charge in [0.25, 0.3) is 0 Å². The molecule has 1 heterocycles. The number of carbonyl (C=O) groups is 1. The van der Waals surface area contributed by atoms with E-state index < -0.39 is 11.5 Å². The van der Waals surface area contributed by atoms with Crippen LogP contribution in [-0.2, 0) is 4.79 Å². The Bertz CT molecular complexity index is 446. The van der Waals surface area contributed by atoms with Crippen LogP contribution in [0.1, 0.15) is 18.4 Å². The number of anilines is 1. The summed E-state index contributed by atoms with van der Waals surface area (Å²) >= 11 is 0. The van der Waals surface area contributed by atoms with Gasteiger partial charge in [0.2, 0.25) is 0 Å². The van der Waals surface area contributed by atoms with E-state index >= 15 is 0 Å². The molecule has 1 aromatic heterocycles. The van der Waals surface area contributed by atoms with Crippen molar-refractivity contribution >= 4 is 11.8 Å². The summed E-state index contributed by atoms with van der Waals surface area (Å²) in [7, 11) is 0. The lowest BCUT2D eigenvalue weighted by molar-refractivity contribution is -0.138. The van der Waals surface area contributed by atoms with Crippen molar-refractivity contribution in [1.29, 1.82) is 5.26 Å². The third-order valence-corrected chi connectivity index (χ3v) is 2.45. The lowest BCUT2D eigenvalue weighted by Crippen LogP contribution is -2.32. The third-order valence-electron chi connectivity index (χ3n) is 2.45. The summed E-state index contributed by atoms with van der Waals surface area (Å²) in [5.41, 5.74) is -0.537. The highest BCUT2D eigenvalue weighted by atomic mass is 16.4. The first-order valence-electron chi connectivity index (χ1n) is 4.55. The van der Waals surface area contributed by atoms with Gasteiger partial charge in [0, 0.05) is 6.20 Å². The monoisotopic (exact) mass is 203 g/mol. The predicted octanol–water partition coefficient (Wildman–Crippen LogP) is 0.982. The average molecular weight is 203 g/mol. The number of hydrogen-bond donors (Lipinski definition) is 2. The molecule has 0 radical (unpaired) electrons. The van der Waals surface area contributed by atoms with Gasteiger partial charge in [-0.1, -0.05) is 0 Å². The molecule has 5 heteroatoms. The molecule has 1 fully saturated rings. The normalized spacial score (nSPS) is 16.5. The Balaban J connectivity index is 2.26. The van der Waals surface area contributed by atoms with Crippen LogP contribution >= 0.6 is 0 Å². The van der Waals surface area contributed by atoms with Crippen molar-refractivity contribution < 1.29 is 9.90 Å². The van der Waals surface area contributed by atoms with Gasteiger partial charge in [0.15, 0.2) is 0 Å². The van der Waals surface area contributed by atoms with E-state index in [1.54, 1.807) is 12.1 Å². The van der Waals surface area contributed by atoms with E-state index in [1.807, 2.05) is 6.07 Å². The molecule has 1 aliphatic carbocycles. The van der Waals surface area contributed by atoms with Gasteiger partial charge in [-0.3, -0.25) is 0 Å². The number of aliphatic carboxylic acids is 1. The largest absolute Gasteiger partial charge is 0.480 e. The Morgan fingerprint density at radius 2 is 2.40 bits per heavy atom. The van der Waals surface area contributed by atoms with Crippen molar-refractivity contribution in [3.8, 4) is 6.07 Å². The van der Waals surface area contributed by atoms with Crippen LogP contribution < -0.4 is 5.32 Å². The number of nitrogens with one attached hydrogen (secondary N) is 1. The molecule has 0 saturated heterocycles.